The van der Waals surface area contributed by atoms with E-state index in [1.165, 1.54) is 40.3 Å². The van der Waals surface area contributed by atoms with Gasteiger partial charge in [-0.2, -0.15) is 0 Å². The van der Waals surface area contributed by atoms with E-state index in [2.05, 4.69) is 72.3 Å². The predicted molar refractivity (Wildman–Crippen MR) is 209 cm³/mol. The van der Waals surface area contributed by atoms with Gasteiger partial charge in [0.25, 0.3) is 11.1 Å². The molecule has 0 radical (unpaired) electrons. The summed E-state index contributed by atoms with van der Waals surface area (Å²) in [5.41, 5.74) is -2.18. The quantitative estimate of drug-likeness (QED) is 0.164. The van der Waals surface area contributed by atoms with Gasteiger partial charge in [-0.1, -0.05) is 69.2 Å². The first-order valence-electron chi connectivity index (χ1n) is 18.7. The van der Waals surface area contributed by atoms with Crippen LogP contribution in [0.2, 0.25) is 34.8 Å². The SMILES string of the molecule is CC[C@H]1O[C@@H](n2ccc(=O)[nH]c2=O)C(O[Si](C)(C)C(C)(C)C)[C@H]1OP(C)(=O)OC[C@H]1O[C@@H](n2ccc(=O)[nH]c2=O)C(O[Si](C(C)C)(C(C)C)C(C)C)[C@H]1O. The van der Waals surface area contributed by atoms with Gasteiger partial charge in [0.15, 0.2) is 20.8 Å². The van der Waals surface area contributed by atoms with Crippen LogP contribution < -0.4 is 22.5 Å². The highest BCUT2D eigenvalue weighted by Gasteiger charge is 2.56. The molecule has 2 aromatic rings. The largest absolute Gasteiger partial charge is 0.407 e. The molecule has 19 heteroatoms. The second kappa shape index (κ2) is 16.7. The molecule has 54 heavy (non-hydrogen) atoms. The van der Waals surface area contributed by atoms with Gasteiger partial charge in [-0.25, -0.2) is 9.59 Å². The number of ether oxygens (including phenoxy) is 2. The van der Waals surface area contributed by atoms with Gasteiger partial charge in [0.05, 0.1) is 12.7 Å². The summed E-state index contributed by atoms with van der Waals surface area (Å²) in [6.07, 6.45) is -5.11. The van der Waals surface area contributed by atoms with Crippen molar-refractivity contribution in [3.05, 3.63) is 66.2 Å². The molecule has 0 spiro atoms. The van der Waals surface area contributed by atoms with Crippen molar-refractivity contribution < 1.29 is 37.0 Å². The first kappa shape index (κ1) is 44.5. The minimum atomic E-state index is -4.00. The smallest absolute Gasteiger partial charge is 0.330 e. The van der Waals surface area contributed by atoms with Gasteiger partial charge < -0.3 is 28.0 Å². The molecule has 0 aromatic carbocycles. The zero-order valence-corrected chi connectivity index (χ0v) is 36.7. The van der Waals surface area contributed by atoms with Crippen LogP contribution in [0.25, 0.3) is 0 Å². The number of nitrogens with zero attached hydrogens (tertiary/aromatic N) is 2. The Labute approximate surface area is 318 Å². The summed E-state index contributed by atoms with van der Waals surface area (Å²) < 4.78 is 55.4. The Morgan fingerprint density at radius 3 is 1.70 bits per heavy atom. The van der Waals surface area contributed by atoms with Crippen LogP contribution in [-0.2, 0) is 31.9 Å². The number of H-pyrrole nitrogens is 2. The average molecular weight is 817 g/mol. The van der Waals surface area contributed by atoms with Gasteiger partial charge in [-0.15, -0.1) is 0 Å². The van der Waals surface area contributed by atoms with Crippen LogP contribution in [0, 0.1) is 0 Å². The molecule has 0 amide bonds. The van der Waals surface area contributed by atoms with Gasteiger partial charge in [-0.05, 0) is 41.2 Å². The van der Waals surface area contributed by atoms with Crippen molar-refractivity contribution >= 4 is 24.2 Å². The summed E-state index contributed by atoms with van der Waals surface area (Å²) in [5, 5.41) is 11.6. The Kier molecular flexibility index (Phi) is 13.7. The van der Waals surface area contributed by atoms with Gasteiger partial charge >= 0.3 is 19.0 Å². The van der Waals surface area contributed by atoms with Crippen LogP contribution in [0.1, 0.15) is 88.1 Å². The zero-order valence-electron chi connectivity index (χ0n) is 33.9. The second-order valence-corrected chi connectivity index (χ2v) is 29.1. The van der Waals surface area contributed by atoms with Crippen molar-refractivity contribution in [2.45, 2.75) is 159 Å². The van der Waals surface area contributed by atoms with E-state index in [1.807, 2.05) is 20.0 Å². The highest BCUT2D eigenvalue weighted by molar-refractivity contribution is 7.53. The maximum atomic E-state index is 14.3. The molecule has 2 aromatic heterocycles. The summed E-state index contributed by atoms with van der Waals surface area (Å²) in [6.45, 7) is 25.6. The Balaban J connectivity index is 1.66. The van der Waals surface area contributed by atoms with Crippen molar-refractivity contribution in [1.29, 1.82) is 0 Å². The maximum Gasteiger partial charge on any atom is 0.330 e. The van der Waals surface area contributed by atoms with Crippen molar-refractivity contribution in [1.82, 2.24) is 19.1 Å². The molecule has 9 atom stereocenters. The Morgan fingerprint density at radius 2 is 1.28 bits per heavy atom. The molecule has 2 fully saturated rings. The fourth-order valence-electron chi connectivity index (χ4n) is 7.60. The molecule has 0 aliphatic carbocycles. The summed E-state index contributed by atoms with van der Waals surface area (Å²) in [4.78, 5) is 54.4. The van der Waals surface area contributed by atoms with Crippen LogP contribution >= 0.6 is 7.60 Å². The highest BCUT2D eigenvalue weighted by atomic mass is 31.2. The van der Waals surface area contributed by atoms with Crippen molar-refractivity contribution in [3.8, 4) is 0 Å². The van der Waals surface area contributed by atoms with E-state index in [0.29, 0.717) is 6.42 Å². The third-order valence-corrected chi connectivity index (χ3v) is 23.1. The lowest BCUT2D eigenvalue weighted by Crippen LogP contribution is -2.54. The number of rotatable bonds is 15. The van der Waals surface area contributed by atoms with E-state index >= 15 is 0 Å². The fourth-order valence-corrected chi connectivity index (χ4v) is 15.6. The molecule has 0 saturated carbocycles. The zero-order chi connectivity index (χ0) is 40.7. The lowest BCUT2D eigenvalue weighted by atomic mass is 10.1. The molecule has 3 N–H and O–H groups in total. The van der Waals surface area contributed by atoms with E-state index in [-0.39, 0.29) is 21.7 Å². The van der Waals surface area contributed by atoms with Gasteiger partial charge in [-0.3, -0.25) is 37.8 Å². The fraction of sp³-hybridized carbons (Fsp3) is 0.771. The van der Waals surface area contributed by atoms with E-state index in [9.17, 15) is 28.8 Å². The molecule has 2 aliphatic heterocycles. The lowest BCUT2D eigenvalue weighted by molar-refractivity contribution is -0.0537. The van der Waals surface area contributed by atoms with Crippen molar-refractivity contribution in [2.24, 2.45) is 0 Å². The monoisotopic (exact) mass is 816 g/mol. The average Bonchev–Trinajstić information content (AvgIpc) is 3.52. The van der Waals surface area contributed by atoms with E-state index in [0.717, 1.165) is 0 Å². The molecule has 16 nitrogen and oxygen atoms in total. The molecular weight excluding hydrogens is 756 g/mol. The molecule has 3 unspecified atom stereocenters. The highest BCUT2D eigenvalue weighted by Crippen LogP contribution is 2.52. The topological polar surface area (TPSA) is 202 Å². The normalized spacial score (nSPS) is 28.0. The van der Waals surface area contributed by atoms with E-state index in [4.69, 9.17) is 27.4 Å². The summed E-state index contributed by atoms with van der Waals surface area (Å²) in [6, 6.07) is 2.40. The molecule has 2 aliphatic rings. The van der Waals surface area contributed by atoms with Crippen LogP contribution in [-0.4, -0.2) is 90.7 Å². The molecular formula is C35H61N4O12PSi2. The molecule has 0 bridgehead atoms. The van der Waals surface area contributed by atoms with Crippen molar-refractivity contribution in [3.63, 3.8) is 0 Å². The van der Waals surface area contributed by atoms with E-state index < -0.39 is 102 Å². The van der Waals surface area contributed by atoms with Crippen LogP contribution in [0.15, 0.2) is 43.7 Å². The lowest BCUT2D eigenvalue weighted by Gasteiger charge is -2.45. The van der Waals surface area contributed by atoms with Gasteiger partial charge in [0, 0.05) is 31.2 Å². The van der Waals surface area contributed by atoms with E-state index in [1.54, 1.807) is 0 Å². The molecule has 306 valence electrons. The Hall–Kier alpha value is -2.26. The van der Waals surface area contributed by atoms with Crippen LogP contribution in [0.4, 0.5) is 0 Å². The number of aliphatic hydroxyl groups is 1. The number of nitrogens with one attached hydrogen (secondary N) is 2. The number of aliphatic hydroxyl groups excluding tert-OH is 1. The molecule has 4 heterocycles. The standard InChI is InChI=1S/C35H61N4O12PSi2/c1-14-23-28(30(50-53(12,13)35(8,9)10)32(47-23)39-18-16-26(41)37-34(39)44)49-52(11,45)46-19-24-27(42)29(51-54(20(2)3,21(4)5)22(6)7)31(48-24)38-17-15-25(40)36-33(38)43/h15-18,20-24,27-32,42H,14,19H2,1-13H3,(H,36,40,43)(H,37,41,44)/t23-,24-,27+,28+,29?,30?,31-,32-,52?/m1/s1. The number of aromatic amines is 2. The predicted octanol–water partition coefficient (Wildman–Crippen LogP) is 4.83. The summed E-state index contributed by atoms with van der Waals surface area (Å²) in [5.74, 6) is 0. The van der Waals surface area contributed by atoms with Crippen LogP contribution in [0.3, 0.4) is 0 Å². The summed E-state index contributed by atoms with van der Waals surface area (Å²) in [7, 11) is -9.23. The first-order chi connectivity index (χ1) is 24.9. The third kappa shape index (κ3) is 9.14. The Morgan fingerprint density at radius 1 is 0.815 bits per heavy atom. The number of aromatic nitrogens is 4. The van der Waals surface area contributed by atoms with Crippen molar-refractivity contribution in [2.75, 3.05) is 13.3 Å². The maximum absolute atomic E-state index is 14.3. The Bertz CT molecular complexity index is 1860. The molecule has 2 saturated heterocycles. The second-order valence-electron chi connectivity index (χ2n) is 16.9. The third-order valence-electron chi connectivity index (χ3n) is 11.3. The molecule has 4 rings (SSSR count). The summed E-state index contributed by atoms with van der Waals surface area (Å²) >= 11 is 0. The van der Waals surface area contributed by atoms with Gasteiger partial charge in [0.1, 0.15) is 30.5 Å². The first-order valence-corrected chi connectivity index (χ1v) is 25.8. The minimum Gasteiger partial charge on any atom is -0.407 e. The van der Waals surface area contributed by atoms with Crippen LogP contribution in [0.5, 0.6) is 0 Å². The van der Waals surface area contributed by atoms with Gasteiger partial charge in [0.2, 0.25) is 8.32 Å². The minimum absolute atomic E-state index is 0.134. The number of hydrogen-bond donors (Lipinski definition) is 3. The number of hydrogen-bond acceptors (Lipinski definition) is 12.